The first-order chi connectivity index (χ1) is 9.33. The normalized spacial score (nSPS) is 14.6. The molecular weight excluding hydrogens is 236 g/mol. The molecule has 19 heavy (non-hydrogen) atoms. The topological polar surface area (TPSA) is 35.8 Å². The fourth-order valence-electron chi connectivity index (χ4n) is 2.33. The van der Waals surface area contributed by atoms with Crippen LogP contribution < -0.4 is 0 Å². The molecule has 1 heterocycles. The molecule has 1 aliphatic rings. The van der Waals surface area contributed by atoms with Gasteiger partial charge in [-0.2, -0.15) is 0 Å². The summed E-state index contributed by atoms with van der Waals surface area (Å²) in [6.45, 7) is 1.85. The summed E-state index contributed by atoms with van der Waals surface area (Å²) in [5, 5.41) is 9.67. The number of nitrogens with zero attached hydrogens (tertiary/aromatic N) is 2. The van der Waals surface area contributed by atoms with Crippen LogP contribution in [0.2, 0.25) is 0 Å². The molecule has 0 saturated carbocycles. The first-order valence-electron chi connectivity index (χ1n) is 6.46. The number of hydrogen-bond donors (Lipinski definition) is 1. The second kappa shape index (κ2) is 5.14. The Bertz CT molecular complexity index is 607. The Balaban J connectivity index is 1.74. The lowest BCUT2D eigenvalue weighted by Crippen LogP contribution is -2.29. The molecule has 2 aromatic rings. The Labute approximate surface area is 112 Å². The van der Waals surface area contributed by atoms with E-state index in [1.165, 1.54) is 11.1 Å². The number of phenols is 1. The van der Waals surface area contributed by atoms with Crippen LogP contribution in [0.4, 0.5) is 5.69 Å². The van der Waals surface area contributed by atoms with E-state index in [2.05, 4.69) is 34.2 Å². The van der Waals surface area contributed by atoms with Gasteiger partial charge in [-0.25, -0.2) is 4.99 Å². The standard InChI is InChI=1S/C16H16N2O/c19-16-8-4-3-7-15(16)17-12-18-10-9-13-5-1-2-6-14(13)11-18/h1-8,12,19H,9-11H2. The van der Waals surface area contributed by atoms with Crippen LogP contribution in [0.15, 0.2) is 53.5 Å². The van der Waals surface area contributed by atoms with Crippen molar-refractivity contribution in [2.24, 2.45) is 4.99 Å². The lowest BCUT2D eigenvalue weighted by Gasteiger charge is -2.26. The number of hydrogen-bond acceptors (Lipinski definition) is 2. The van der Waals surface area contributed by atoms with Gasteiger partial charge in [0.25, 0.3) is 0 Å². The van der Waals surface area contributed by atoms with E-state index >= 15 is 0 Å². The van der Waals surface area contributed by atoms with Crippen molar-refractivity contribution in [3.8, 4) is 5.75 Å². The number of aliphatic imine (C=N–C) groups is 1. The van der Waals surface area contributed by atoms with Gasteiger partial charge >= 0.3 is 0 Å². The van der Waals surface area contributed by atoms with Gasteiger partial charge in [0, 0.05) is 13.1 Å². The average Bonchev–Trinajstić information content (AvgIpc) is 2.46. The van der Waals surface area contributed by atoms with Crippen molar-refractivity contribution in [3.05, 3.63) is 59.7 Å². The molecule has 1 N–H and O–H groups in total. The number of para-hydroxylation sites is 2. The van der Waals surface area contributed by atoms with Crippen molar-refractivity contribution < 1.29 is 5.11 Å². The molecule has 3 nitrogen and oxygen atoms in total. The van der Waals surface area contributed by atoms with E-state index in [9.17, 15) is 5.11 Å². The highest BCUT2D eigenvalue weighted by Crippen LogP contribution is 2.25. The molecular formula is C16H16N2O. The molecule has 3 rings (SSSR count). The third kappa shape index (κ3) is 2.60. The molecule has 0 saturated heterocycles. The minimum absolute atomic E-state index is 0.219. The van der Waals surface area contributed by atoms with Gasteiger partial charge in [0.15, 0.2) is 0 Å². The lowest BCUT2D eigenvalue weighted by molar-refractivity contribution is 0.405. The largest absolute Gasteiger partial charge is 0.506 e. The Morgan fingerprint density at radius 1 is 1.00 bits per heavy atom. The molecule has 0 fully saturated rings. The summed E-state index contributed by atoms with van der Waals surface area (Å²) in [6.07, 6.45) is 2.87. The van der Waals surface area contributed by atoms with Crippen LogP contribution >= 0.6 is 0 Å². The summed E-state index contributed by atoms with van der Waals surface area (Å²) in [5.74, 6) is 0.219. The maximum Gasteiger partial charge on any atom is 0.141 e. The molecule has 0 aromatic heterocycles. The highest BCUT2D eigenvalue weighted by atomic mass is 16.3. The van der Waals surface area contributed by atoms with Crippen LogP contribution in [0.25, 0.3) is 0 Å². The van der Waals surface area contributed by atoms with Crippen LogP contribution in [0.3, 0.4) is 0 Å². The van der Waals surface area contributed by atoms with E-state index in [0.717, 1.165) is 19.5 Å². The summed E-state index contributed by atoms with van der Waals surface area (Å²) >= 11 is 0. The van der Waals surface area contributed by atoms with Crippen LogP contribution in [0.5, 0.6) is 5.75 Å². The maximum absolute atomic E-state index is 9.67. The molecule has 0 spiro atoms. The lowest BCUT2D eigenvalue weighted by atomic mass is 10.0. The molecule has 0 amide bonds. The second-order valence-electron chi connectivity index (χ2n) is 4.72. The molecule has 3 heteroatoms. The second-order valence-corrected chi connectivity index (χ2v) is 4.72. The smallest absolute Gasteiger partial charge is 0.141 e. The summed E-state index contributed by atoms with van der Waals surface area (Å²) in [6, 6.07) is 15.6. The zero-order valence-electron chi connectivity index (χ0n) is 10.7. The molecule has 0 unspecified atom stereocenters. The van der Waals surface area contributed by atoms with Gasteiger partial charge in [0.1, 0.15) is 11.4 Å². The van der Waals surface area contributed by atoms with E-state index in [1.807, 2.05) is 18.5 Å². The van der Waals surface area contributed by atoms with Crippen LogP contribution in [-0.4, -0.2) is 22.9 Å². The van der Waals surface area contributed by atoms with Crippen molar-refractivity contribution in [2.45, 2.75) is 13.0 Å². The molecule has 96 valence electrons. The molecule has 1 aliphatic heterocycles. The summed E-state index contributed by atoms with van der Waals surface area (Å²) < 4.78 is 0. The van der Waals surface area contributed by atoms with Gasteiger partial charge in [-0.05, 0) is 29.7 Å². The zero-order valence-corrected chi connectivity index (χ0v) is 10.7. The maximum atomic E-state index is 9.67. The minimum Gasteiger partial charge on any atom is -0.506 e. The first kappa shape index (κ1) is 11.8. The molecule has 0 aliphatic carbocycles. The quantitative estimate of drug-likeness (QED) is 0.658. The van der Waals surface area contributed by atoms with Crippen molar-refractivity contribution in [1.29, 1.82) is 0 Å². The molecule has 0 radical (unpaired) electrons. The Hall–Kier alpha value is -2.29. The van der Waals surface area contributed by atoms with Crippen LogP contribution in [0.1, 0.15) is 11.1 Å². The van der Waals surface area contributed by atoms with E-state index < -0.39 is 0 Å². The van der Waals surface area contributed by atoms with Crippen molar-refractivity contribution in [1.82, 2.24) is 4.90 Å². The van der Waals surface area contributed by atoms with Gasteiger partial charge in [-0.3, -0.25) is 0 Å². The minimum atomic E-state index is 0.219. The Morgan fingerprint density at radius 3 is 2.58 bits per heavy atom. The SMILES string of the molecule is Oc1ccccc1N=CN1CCc2ccccc2C1. The number of phenolic OH excluding ortho intramolecular Hbond substituents is 1. The fraction of sp³-hybridized carbons (Fsp3) is 0.188. The fourth-order valence-corrected chi connectivity index (χ4v) is 2.33. The van der Waals surface area contributed by atoms with Gasteiger partial charge in [0.05, 0.1) is 6.34 Å². The Kier molecular flexibility index (Phi) is 3.19. The van der Waals surface area contributed by atoms with Crippen molar-refractivity contribution >= 4 is 12.0 Å². The predicted octanol–water partition coefficient (Wildman–Crippen LogP) is 3.11. The van der Waals surface area contributed by atoms with Gasteiger partial charge < -0.3 is 10.0 Å². The number of benzene rings is 2. The summed E-state index contributed by atoms with van der Waals surface area (Å²) in [5.41, 5.74) is 3.40. The Morgan fingerprint density at radius 2 is 1.74 bits per heavy atom. The van der Waals surface area contributed by atoms with E-state index in [0.29, 0.717) is 5.69 Å². The van der Waals surface area contributed by atoms with Crippen molar-refractivity contribution in [2.75, 3.05) is 6.54 Å². The first-order valence-corrected chi connectivity index (χ1v) is 6.46. The monoisotopic (exact) mass is 252 g/mol. The highest BCUT2D eigenvalue weighted by molar-refractivity contribution is 5.65. The molecule has 2 aromatic carbocycles. The van der Waals surface area contributed by atoms with E-state index in [-0.39, 0.29) is 5.75 Å². The van der Waals surface area contributed by atoms with Crippen molar-refractivity contribution in [3.63, 3.8) is 0 Å². The number of rotatable bonds is 2. The van der Waals surface area contributed by atoms with E-state index in [1.54, 1.807) is 12.1 Å². The summed E-state index contributed by atoms with van der Waals surface area (Å²) in [4.78, 5) is 6.53. The zero-order chi connectivity index (χ0) is 13.1. The number of aromatic hydroxyl groups is 1. The van der Waals surface area contributed by atoms with E-state index in [4.69, 9.17) is 0 Å². The van der Waals surface area contributed by atoms with Crippen LogP contribution in [-0.2, 0) is 13.0 Å². The number of fused-ring (bicyclic) bond motifs is 1. The highest BCUT2D eigenvalue weighted by Gasteiger charge is 2.12. The van der Waals surface area contributed by atoms with Crippen LogP contribution in [0, 0.1) is 0 Å². The van der Waals surface area contributed by atoms with Gasteiger partial charge in [-0.1, -0.05) is 36.4 Å². The third-order valence-corrected chi connectivity index (χ3v) is 3.40. The molecule has 0 atom stereocenters. The van der Waals surface area contributed by atoms with Gasteiger partial charge in [0.2, 0.25) is 0 Å². The average molecular weight is 252 g/mol. The molecule has 0 bridgehead atoms. The summed E-state index contributed by atoms with van der Waals surface area (Å²) in [7, 11) is 0. The predicted molar refractivity (Wildman–Crippen MR) is 76.8 cm³/mol. The third-order valence-electron chi connectivity index (χ3n) is 3.40. The van der Waals surface area contributed by atoms with Gasteiger partial charge in [-0.15, -0.1) is 0 Å².